The van der Waals surface area contributed by atoms with Gasteiger partial charge in [0.2, 0.25) is 0 Å². The fourth-order valence-electron chi connectivity index (χ4n) is 4.33. The van der Waals surface area contributed by atoms with Crippen molar-refractivity contribution in [1.82, 2.24) is 0 Å². The molecule has 2 aliphatic rings. The van der Waals surface area contributed by atoms with Crippen LogP contribution in [-0.4, -0.2) is 19.5 Å². The van der Waals surface area contributed by atoms with E-state index in [-0.39, 0.29) is 6.29 Å². The third-order valence-corrected chi connectivity index (χ3v) is 5.95. The van der Waals surface area contributed by atoms with Gasteiger partial charge < -0.3 is 9.47 Å². The Morgan fingerprint density at radius 2 is 1.82 bits per heavy atom. The molecule has 1 heterocycles. The maximum atomic E-state index is 5.86. The van der Waals surface area contributed by atoms with Gasteiger partial charge in [0.1, 0.15) is 0 Å². The summed E-state index contributed by atoms with van der Waals surface area (Å²) < 4.78 is 11.5. The summed E-state index contributed by atoms with van der Waals surface area (Å²) in [6, 6.07) is 17.7. The zero-order valence-corrected chi connectivity index (χ0v) is 16.9. The number of rotatable bonds is 8. The van der Waals surface area contributed by atoms with E-state index in [1.54, 1.807) is 0 Å². The van der Waals surface area contributed by atoms with Crippen molar-refractivity contribution in [1.29, 1.82) is 0 Å². The maximum Gasteiger partial charge on any atom is 0.157 e. The molecule has 1 aliphatic heterocycles. The second-order valence-corrected chi connectivity index (χ2v) is 8.00. The molecule has 0 radical (unpaired) electrons. The molecule has 4 rings (SSSR count). The van der Waals surface area contributed by atoms with Crippen molar-refractivity contribution in [3.8, 4) is 0 Å². The third kappa shape index (κ3) is 5.12. The number of allylic oxidation sites excluding steroid dienone is 1. The lowest BCUT2D eigenvalue weighted by Gasteiger charge is -2.22. The van der Waals surface area contributed by atoms with E-state index in [0.29, 0.717) is 0 Å². The lowest BCUT2D eigenvalue weighted by Crippen LogP contribution is -2.22. The Morgan fingerprint density at radius 3 is 2.68 bits per heavy atom. The summed E-state index contributed by atoms with van der Waals surface area (Å²) in [7, 11) is 0. The molecular formula is C26H32O2. The maximum absolute atomic E-state index is 5.86. The van der Waals surface area contributed by atoms with Gasteiger partial charge in [0, 0.05) is 13.2 Å². The molecule has 148 valence electrons. The fourth-order valence-corrected chi connectivity index (χ4v) is 4.33. The van der Waals surface area contributed by atoms with Crippen LogP contribution in [0.4, 0.5) is 0 Å². The third-order valence-electron chi connectivity index (χ3n) is 5.95. The van der Waals surface area contributed by atoms with Crippen LogP contribution in [0.5, 0.6) is 0 Å². The minimum atomic E-state index is 0.0523. The van der Waals surface area contributed by atoms with Gasteiger partial charge in [-0.25, -0.2) is 0 Å². The van der Waals surface area contributed by atoms with Gasteiger partial charge in [0.15, 0.2) is 6.29 Å². The topological polar surface area (TPSA) is 18.5 Å². The molecule has 2 nitrogen and oxygen atoms in total. The van der Waals surface area contributed by atoms with Crippen molar-refractivity contribution in [3.63, 3.8) is 0 Å². The Labute approximate surface area is 169 Å². The van der Waals surface area contributed by atoms with E-state index in [1.807, 2.05) is 0 Å². The molecular weight excluding hydrogens is 344 g/mol. The van der Waals surface area contributed by atoms with Crippen LogP contribution in [0, 0.1) is 0 Å². The van der Waals surface area contributed by atoms with Crippen molar-refractivity contribution >= 4 is 11.6 Å². The van der Waals surface area contributed by atoms with Crippen LogP contribution >= 0.6 is 0 Å². The zero-order chi connectivity index (χ0) is 19.0. The normalized spacial score (nSPS) is 19.1. The molecule has 2 heteroatoms. The van der Waals surface area contributed by atoms with Crippen LogP contribution in [-0.2, 0) is 22.3 Å². The number of hydrogen-bond donors (Lipinski definition) is 0. The second-order valence-electron chi connectivity index (χ2n) is 8.00. The Bertz CT molecular complexity index is 772. The average Bonchev–Trinajstić information content (AvgIpc) is 2.77. The highest BCUT2D eigenvalue weighted by molar-refractivity contribution is 5.85. The van der Waals surface area contributed by atoms with Gasteiger partial charge in [-0.05, 0) is 79.2 Å². The van der Waals surface area contributed by atoms with Crippen molar-refractivity contribution in [3.05, 3.63) is 70.8 Å². The Morgan fingerprint density at radius 1 is 0.893 bits per heavy atom. The Balaban J connectivity index is 1.29. The van der Waals surface area contributed by atoms with Gasteiger partial charge in [0.05, 0.1) is 0 Å². The summed E-state index contributed by atoms with van der Waals surface area (Å²) in [4.78, 5) is 0. The quantitative estimate of drug-likeness (QED) is 0.494. The summed E-state index contributed by atoms with van der Waals surface area (Å²) in [5.74, 6) is 0. The van der Waals surface area contributed by atoms with E-state index in [1.165, 1.54) is 53.5 Å². The second kappa shape index (κ2) is 10.0. The summed E-state index contributed by atoms with van der Waals surface area (Å²) in [6.07, 6.45) is 13.0. The first kappa shape index (κ1) is 19.4. The van der Waals surface area contributed by atoms with E-state index >= 15 is 0 Å². The number of ether oxygens (including phenoxy) is 2. The first-order chi connectivity index (χ1) is 13.9. The zero-order valence-electron chi connectivity index (χ0n) is 16.9. The number of unbranched alkanes of at least 4 members (excludes halogenated alkanes) is 2. The van der Waals surface area contributed by atoms with Crippen LogP contribution in [0.25, 0.3) is 11.6 Å². The highest BCUT2D eigenvalue weighted by atomic mass is 16.7. The first-order valence-electron chi connectivity index (χ1n) is 11.0. The summed E-state index contributed by atoms with van der Waals surface area (Å²) in [5.41, 5.74) is 7.32. The monoisotopic (exact) mass is 376 g/mol. The molecule has 2 aromatic carbocycles. The van der Waals surface area contributed by atoms with E-state index < -0.39 is 0 Å². The van der Waals surface area contributed by atoms with Gasteiger partial charge in [-0.15, -0.1) is 0 Å². The van der Waals surface area contributed by atoms with Gasteiger partial charge in [-0.2, -0.15) is 0 Å². The standard InChI is InChI=1S/C26H32O2/c1-3-10-21(11-4-1)24-17-16-23-14-9-13-22(25(23)20-24)12-5-2-7-18-27-26-15-6-8-19-28-26/h1,3-4,9-11,13-14,20,26H,2,5-8,12,15-19H2. The van der Waals surface area contributed by atoms with Crippen LogP contribution < -0.4 is 0 Å². The molecule has 28 heavy (non-hydrogen) atoms. The molecule has 0 amide bonds. The summed E-state index contributed by atoms with van der Waals surface area (Å²) >= 11 is 0. The van der Waals surface area contributed by atoms with Gasteiger partial charge in [-0.3, -0.25) is 0 Å². The van der Waals surface area contributed by atoms with E-state index in [9.17, 15) is 0 Å². The summed E-state index contributed by atoms with van der Waals surface area (Å²) in [6.45, 7) is 1.69. The lowest BCUT2D eigenvalue weighted by molar-refractivity contribution is -0.162. The predicted octanol–water partition coefficient (Wildman–Crippen LogP) is 6.43. The highest BCUT2D eigenvalue weighted by Gasteiger charge is 2.15. The number of hydrogen-bond acceptors (Lipinski definition) is 2. The van der Waals surface area contributed by atoms with Crippen LogP contribution in [0.15, 0.2) is 48.5 Å². The molecule has 0 spiro atoms. The van der Waals surface area contributed by atoms with Crippen molar-refractivity contribution < 1.29 is 9.47 Å². The Kier molecular flexibility index (Phi) is 6.96. The van der Waals surface area contributed by atoms with Crippen LogP contribution in [0.3, 0.4) is 0 Å². The molecule has 0 saturated carbocycles. The van der Waals surface area contributed by atoms with Crippen LogP contribution in [0.1, 0.15) is 67.2 Å². The van der Waals surface area contributed by atoms with E-state index in [2.05, 4.69) is 54.6 Å². The van der Waals surface area contributed by atoms with Gasteiger partial charge in [-0.1, -0.05) is 61.0 Å². The number of aryl methyl sites for hydroxylation is 2. The predicted molar refractivity (Wildman–Crippen MR) is 116 cm³/mol. The molecule has 0 bridgehead atoms. The smallest absolute Gasteiger partial charge is 0.157 e. The minimum Gasteiger partial charge on any atom is -0.353 e. The SMILES string of the molecule is C1=C(c2ccccc2)CCc2cccc(CCCCCOC3CCCCO3)c21. The molecule has 1 unspecified atom stereocenters. The Hall–Kier alpha value is -1.90. The average molecular weight is 377 g/mol. The van der Waals surface area contributed by atoms with Crippen molar-refractivity contribution in [2.24, 2.45) is 0 Å². The summed E-state index contributed by atoms with van der Waals surface area (Å²) in [5, 5.41) is 0. The first-order valence-corrected chi connectivity index (χ1v) is 11.0. The molecule has 0 N–H and O–H groups in total. The van der Waals surface area contributed by atoms with Crippen molar-refractivity contribution in [2.45, 2.75) is 64.1 Å². The largest absolute Gasteiger partial charge is 0.353 e. The van der Waals surface area contributed by atoms with E-state index in [0.717, 1.165) is 45.3 Å². The molecule has 1 aliphatic carbocycles. The minimum absolute atomic E-state index is 0.0523. The fraction of sp³-hybridized carbons (Fsp3) is 0.462. The number of benzene rings is 2. The van der Waals surface area contributed by atoms with Crippen LogP contribution in [0.2, 0.25) is 0 Å². The molecule has 1 fully saturated rings. The lowest BCUT2D eigenvalue weighted by atomic mass is 9.85. The van der Waals surface area contributed by atoms with E-state index in [4.69, 9.17) is 9.47 Å². The van der Waals surface area contributed by atoms with Gasteiger partial charge in [0.25, 0.3) is 0 Å². The molecule has 1 saturated heterocycles. The molecule has 2 aromatic rings. The highest BCUT2D eigenvalue weighted by Crippen LogP contribution is 2.32. The molecule has 0 aromatic heterocycles. The van der Waals surface area contributed by atoms with Gasteiger partial charge >= 0.3 is 0 Å². The number of fused-ring (bicyclic) bond motifs is 1. The molecule has 1 atom stereocenters. The van der Waals surface area contributed by atoms with Crippen molar-refractivity contribution in [2.75, 3.05) is 13.2 Å².